The van der Waals surface area contributed by atoms with Gasteiger partial charge in [-0.1, -0.05) is 6.08 Å². The predicted molar refractivity (Wildman–Crippen MR) is 62.1 cm³/mol. The number of amides is 1. The molecule has 1 unspecified atom stereocenters. The summed E-state index contributed by atoms with van der Waals surface area (Å²) in [5.41, 5.74) is 0.452. The molecule has 90 valence electrons. The summed E-state index contributed by atoms with van der Waals surface area (Å²) in [6, 6.07) is 0.343. The number of carbonyl (C=O) groups is 1. The largest absolute Gasteiger partial charge is 0.380 e. The van der Waals surface area contributed by atoms with Crippen molar-refractivity contribution < 1.29 is 9.53 Å². The van der Waals surface area contributed by atoms with Crippen LogP contribution >= 0.6 is 0 Å². The Kier molecular flexibility index (Phi) is 3.04. The summed E-state index contributed by atoms with van der Waals surface area (Å²) in [5, 5.41) is 0. The van der Waals surface area contributed by atoms with Crippen LogP contribution in [0.1, 0.15) is 6.92 Å². The Morgan fingerprint density at radius 2 is 2.06 bits per heavy atom. The highest BCUT2D eigenvalue weighted by atomic mass is 16.5. The first-order chi connectivity index (χ1) is 7.52. The molecule has 16 heavy (non-hydrogen) atoms. The first kappa shape index (κ1) is 11.6. The second kappa shape index (κ2) is 4.18. The van der Waals surface area contributed by atoms with E-state index in [1.165, 1.54) is 0 Å². The molecule has 2 heterocycles. The molecule has 0 radical (unpaired) electrons. The number of nitrogens with zero attached hydrogens (tertiary/aromatic N) is 2. The summed E-state index contributed by atoms with van der Waals surface area (Å²) < 4.78 is 5.23. The highest BCUT2D eigenvalue weighted by Crippen LogP contribution is 2.38. The Labute approximate surface area is 96.8 Å². The number of likely N-dealkylation sites (tertiary alicyclic amines) is 1. The van der Waals surface area contributed by atoms with Crippen molar-refractivity contribution in [1.82, 2.24) is 9.80 Å². The van der Waals surface area contributed by atoms with E-state index >= 15 is 0 Å². The maximum atomic E-state index is 11.4. The molecule has 2 aliphatic rings. The highest BCUT2D eigenvalue weighted by molar-refractivity contribution is 5.87. The molecular formula is C12H20N2O2. The molecule has 2 aliphatic heterocycles. The molecule has 1 spiro atoms. The second-order valence-electron chi connectivity index (χ2n) is 5.23. The fourth-order valence-corrected chi connectivity index (χ4v) is 2.17. The predicted octanol–water partition coefficient (Wildman–Crippen LogP) is 0.352. The van der Waals surface area contributed by atoms with Crippen molar-refractivity contribution in [3.8, 4) is 0 Å². The zero-order chi connectivity index (χ0) is 11.8. The number of carbonyl (C=O) groups excluding carboxylic acids is 1. The number of rotatable bonds is 3. The summed E-state index contributed by atoms with van der Waals surface area (Å²) in [5.74, 6) is 0.0501. The Hall–Kier alpha value is -0.870. The molecular weight excluding hydrogens is 204 g/mol. The minimum absolute atomic E-state index is 0.0501. The van der Waals surface area contributed by atoms with Gasteiger partial charge in [0.05, 0.1) is 13.2 Å². The Morgan fingerprint density at radius 1 is 1.44 bits per heavy atom. The van der Waals surface area contributed by atoms with Gasteiger partial charge in [0.25, 0.3) is 0 Å². The molecule has 0 N–H and O–H groups in total. The van der Waals surface area contributed by atoms with Crippen LogP contribution in [0.25, 0.3) is 0 Å². The van der Waals surface area contributed by atoms with Crippen LogP contribution in [0.4, 0.5) is 0 Å². The van der Waals surface area contributed by atoms with Crippen molar-refractivity contribution in [3.63, 3.8) is 0 Å². The smallest absolute Gasteiger partial charge is 0.245 e. The molecule has 0 bridgehead atoms. The lowest BCUT2D eigenvalue weighted by Gasteiger charge is -2.56. The van der Waals surface area contributed by atoms with Crippen LogP contribution in [0.3, 0.4) is 0 Å². The summed E-state index contributed by atoms with van der Waals surface area (Å²) >= 11 is 0. The Morgan fingerprint density at radius 3 is 2.50 bits per heavy atom. The molecule has 2 fully saturated rings. The van der Waals surface area contributed by atoms with Gasteiger partial charge < -0.3 is 9.64 Å². The van der Waals surface area contributed by atoms with Gasteiger partial charge in [0, 0.05) is 44.7 Å². The normalized spacial score (nSPS) is 25.2. The molecule has 1 atom stereocenters. The van der Waals surface area contributed by atoms with Crippen LogP contribution in [-0.4, -0.2) is 62.1 Å². The van der Waals surface area contributed by atoms with Crippen LogP contribution in [0.5, 0.6) is 0 Å². The van der Waals surface area contributed by atoms with Crippen molar-refractivity contribution in [2.24, 2.45) is 5.41 Å². The van der Waals surface area contributed by atoms with Crippen molar-refractivity contribution >= 4 is 5.91 Å². The summed E-state index contributed by atoms with van der Waals surface area (Å²) in [7, 11) is 3.53. The third-order valence-electron chi connectivity index (χ3n) is 3.43. The SMILES string of the molecule is CC(C=CC(=O)N(C)C)N1CC2(COC2)C1. The minimum Gasteiger partial charge on any atom is -0.380 e. The average Bonchev–Trinajstić information content (AvgIpc) is 2.09. The standard InChI is InChI=1S/C12H20N2O2/c1-10(4-5-11(15)13(2)3)14-6-12(7-14)8-16-9-12/h4-5,10H,6-9H2,1-3H3. The number of likely N-dealkylation sites (N-methyl/N-ethyl adjacent to an activating group) is 1. The van der Waals surface area contributed by atoms with E-state index in [1.807, 2.05) is 6.08 Å². The van der Waals surface area contributed by atoms with Gasteiger partial charge in [0.15, 0.2) is 0 Å². The van der Waals surface area contributed by atoms with Crippen LogP contribution in [0, 0.1) is 5.41 Å². The average molecular weight is 224 g/mol. The fraction of sp³-hybridized carbons (Fsp3) is 0.750. The molecule has 0 saturated carbocycles. The molecule has 0 aliphatic carbocycles. The van der Waals surface area contributed by atoms with E-state index in [2.05, 4.69) is 11.8 Å². The molecule has 2 saturated heterocycles. The first-order valence-corrected chi connectivity index (χ1v) is 5.74. The van der Waals surface area contributed by atoms with E-state index in [-0.39, 0.29) is 5.91 Å². The lowest BCUT2D eigenvalue weighted by molar-refractivity contribution is -0.193. The zero-order valence-corrected chi connectivity index (χ0v) is 10.3. The van der Waals surface area contributed by atoms with Crippen molar-refractivity contribution in [2.75, 3.05) is 40.4 Å². The molecule has 2 rings (SSSR count). The quantitative estimate of drug-likeness (QED) is 0.649. The summed E-state index contributed by atoms with van der Waals surface area (Å²) in [6.07, 6.45) is 3.64. The van der Waals surface area contributed by atoms with Gasteiger partial charge in [-0.3, -0.25) is 9.69 Å². The summed E-state index contributed by atoms with van der Waals surface area (Å²) in [6.45, 7) is 6.17. The molecule has 0 aromatic rings. The van der Waals surface area contributed by atoms with Gasteiger partial charge in [0.1, 0.15) is 0 Å². The lowest BCUT2D eigenvalue weighted by Crippen LogP contribution is -2.67. The van der Waals surface area contributed by atoms with E-state index in [0.29, 0.717) is 11.5 Å². The van der Waals surface area contributed by atoms with Crippen molar-refractivity contribution in [2.45, 2.75) is 13.0 Å². The topological polar surface area (TPSA) is 32.8 Å². The van der Waals surface area contributed by atoms with E-state index in [1.54, 1.807) is 25.1 Å². The van der Waals surface area contributed by atoms with Gasteiger partial charge in [0.2, 0.25) is 5.91 Å². The highest BCUT2D eigenvalue weighted by Gasteiger charge is 2.49. The third-order valence-corrected chi connectivity index (χ3v) is 3.43. The third kappa shape index (κ3) is 2.13. The lowest BCUT2D eigenvalue weighted by atomic mass is 9.77. The summed E-state index contributed by atoms with van der Waals surface area (Å²) in [4.78, 5) is 15.3. The minimum atomic E-state index is 0.0501. The maximum absolute atomic E-state index is 11.4. The van der Waals surface area contributed by atoms with Crippen LogP contribution < -0.4 is 0 Å². The van der Waals surface area contributed by atoms with Crippen molar-refractivity contribution in [1.29, 1.82) is 0 Å². The molecule has 4 nitrogen and oxygen atoms in total. The number of hydrogen-bond acceptors (Lipinski definition) is 3. The van der Waals surface area contributed by atoms with Crippen molar-refractivity contribution in [3.05, 3.63) is 12.2 Å². The Balaban J connectivity index is 1.77. The van der Waals surface area contributed by atoms with Gasteiger partial charge in [-0.25, -0.2) is 0 Å². The number of ether oxygens (including phenoxy) is 1. The van der Waals surface area contributed by atoms with E-state index in [0.717, 1.165) is 26.3 Å². The molecule has 0 aromatic carbocycles. The van der Waals surface area contributed by atoms with Gasteiger partial charge in [-0.15, -0.1) is 0 Å². The zero-order valence-electron chi connectivity index (χ0n) is 10.3. The van der Waals surface area contributed by atoms with Crippen LogP contribution in [0.15, 0.2) is 12.2 Å². The monoisotopic (exact) mass is 224 g/mol. The number of hydrogen-bond donors (Lipinski definition) is 0. The van der Waals surface area contributed by atoms with E-state index in [9.17, 15) is 4.79 Å². The first-order valence-electron chi connectivity index (χ1n) is 5.74. The van der Waals surface area contributed by atoms with E-state index in [4.69, 9.17) is 4.74 Å². The van der Waals surface area contributed by atoms with E-state index < -0.39 is 0 Å². The fourth-order valence-electron chi connectivity index (χ4n) is 2.17. The molecule has 1 amide bonds. The van der Waals surface area contributed by atoms with Gasteiger partial charge >= 0.3 is 0 Å². The van der Waals surface area contributed by atoms with Crippen LogP contribution in [0.2, 0.25) is 0 Å². The Bertz CT molecular complexity index is 300. The second-order valence-corrected chi connectivity index (χ2v) is 5.23. The van der Waals surface area contributed by atoms with Gasteiger partial charge in [-0.2, -0.15) is 0 Å². The molecule has 0 aromatic heterocycles. The van der Waals surface area contributed by atoms with Crippen LogP contribution in [-0.2, 0) is 9.53 Å². The maximum Gasteiger partial charge on any atom is 0.245 e. The van der Waals surface area contributed by atoms with Gasteiger partial charge in [-0.05, 0) is 6.92 Å². The molecule has 4 heteroatoms.